The Morgan fingerprint density at radius 2 is 1.77 bits per heavy atom. The van der Waals surface area contributed by atoms with Gasteiger partial charge in [0.25, 0.3) is 5.91 Å². The van der Waals surface area contributed by atoms with Crippen LogP contribution < -0.4 is 5.32 Å². The maximum atomic E-state index is 12.0. The fraction of sp³-hybridized carbons (Fsp3) is 0.143. The third kappa shape index (κ3) is 4.70. The number of esters is 1. The van der Waals surface area contributed by atoms with Gasteiger partial charge in [0.2, 0.25) is 0 Å². The molecule has 3 aromatic carbocycles. The second-order valence-electron chi connectivity index (χ2n) is 6.03. The van der Waals surface area contributed by atoms with Crippen LogP contribution in [0.15, 0.2) is 65.1 Å². The van der Waals surface area contributed by atoms with Crippen molar-refractivity contribution >= 4 is 44.3 Å². The van der Waals surface area contributed by atoms with Crippen LogP contribution in [0.1, 0.15) is 11.1 Å². The van der Waals surface area contributed by atoms with Crippen molar-refractivity contribution in [3.05, 3.63) is 76.3 Å². The van der Waals surface area contributed by atoms with Crippen molar-refractivity contribution in [2.75, 3.05) is 11.9 Å². The number of halogens is 1. The van der Waals surface area contributed by atoms with Crippen molar-refractivity contribution in [2.24, 2.45) is 0 Å². The highest BCUT2D eigenvalue weighted by Crippen LogP contribution is 2.20. The van der Waals surface area contributed by atoms with Gasteiger partial charge in [-0.05, 0) is 47.0 Å². The van der Waals surface area contributed by atoms with E-state index in [4.69, 9.17) is 4.74 Å². The summed E-state index contributed by atoms with van der Waals surface area (Å²) >= 11 is 3.38. The molecule has 1 amide bonds. The topological polar surface area (TPSA) is 55.4 Å². The number of fused-ring (bicyclic) bond motifs is 1. The lowest BCUT2D eigenvalue weighted by atomic mass is 10.1. The first-order valence-electron chi connectivity index (χ1n) is 8.20. The lowest BCUT2D eigenvalue weighted by Gasteiger charge is -2.09. The summed E-state index contributed by atoms with van der Waals surface area (Å²) in [6.45, 7) is 1.59. The molecule has 26 heavy (non-hydrogen) atoms. The first-order valence-corrected chi connectivity index (χ1v) is 9.00. The third-order valence-corrected chi connectivity index (χ3v) is 4.48. The van der Waals surface area contributed by atoms with Gasteiger partial charge in [-0.3, -0.25) is 9.59 Å². The number of hydrogen-bond donors (Lipinski definition) is 1. The fourth-order valence-electron chi connectivity index (χ4n) is 2.67. The van der Waals surface area contributed by atoms with Gasteiger partial charge in [-0.25, -0.2) is 0 Å². The van der Waals surface area contributed by atoms with Gasteiger partial charge in [0.1, 0.15) is 0 Å². The van der Waals surface area contributed by atoms with Gasteiger partial charge in [0.15, 0.2) is 6.61 Å². The van der Waals surface area contributed by atoms with Crippen molar-refractivity contribution in [1.29, 1.82) is 0 Å². The molecule has 0 aromatic heterocycles. The maximum Gasteiger partial charge on any atom is 0.310 e. The van der Waals surface area contributed by atoms with Crippen LogP contribution in [0, 0.1) is 6.92 Å². The fourth-order valence-corrected chi connectivity index (χ4v) is 3.14. The molecule has 3 aromatic rings. The molecule has 0 unspecified atom stereocenters. The number of ether oxygens (including phenoxy) is 1. The molecule has 0 saturated heterocycles. The summed E-state index contributed by atoms with van der Waals surface area (Å²) in [7, 11) is 0. The lowest BCUT2D eigenvalue weighted by Crippen LogP contribution is -2.22. The second-order valence-corrected chi connectivity index (χ2v) is 6.94. The summed E-state index contributed by atoms with van der Waals surface area (Å²) < 4.78 is 6.04. The Kier molecular flexibility index (Phi) is 5.68. The summed E-state index contributed by atoms with van der Waals surface area (Å²) in [6, 6.07) is 19.3. The van der Waals surface area contributed by atoms with Crippen LogP contribution >= 0.6 is 15.9 Å². The summed E-state index contributed by atoms with van der Waals surface area (Å²) in [5.74, 6) is -0.787. The Labute approximate surface area is 160 Å². The molecule has 0 saturated carbocycles. The number of carbonyl (C=O) groups excluding carboxylic acids is 2. The monoisotopic (exact) mass is 411 g/mol. The first kappa shape index (κ1) is 18.1. The largest absolute Gasteiger partial charge is 0.455 e. The molecule has 0 aliphatic rings. The van der Waals surface area contributed by atoms with Crippen molar-refractivity contribution < 1.29 is 14.3 Å². The quantitative estimate of drug-likeness (QED) is 0.622. The van der Waals surface area contributed by atoms with Crippen LogP contribution in [0.3, 0.4) is 0 Å². The molecule has 0 aliphatic heterocycles. The molecule has 0 radical (unpaired) electrons. The highest BCUT2D eigenvalue weighted by molar-refractivity contribution is 9.10. The average molecular weight is 412 g/mol. The van der Waals surface area contributed by atoms with Crippen LogP contribution in [0.25, 0.3) is 10.8 Å². The minimum atomic E-state index is -0.428. The van der Waals surface area contributed by atoms with Gasteiger partial charge in [0, 0.05) is 10.2 Å². The van der Waals surface area contributed by atoms with E-state index in [1.807, 2.05) is 61.5 Å². The van der Waals surface area contributed by atoms with E-state index in [1.165, 1.54) is 0 Å². The Morgan fingerprint density at radius 3 is 2.54 bits per heavy atom. The van der Waals surface area contributed by atoms with Crippen LogP contribution in [0.5, 0.6) is 0 Å². The van der Waals surface area contributed by atoms with Gasteiger partial charge in [-0.2, -0.15) is 0 Å². The average Bonchev–Trinajstić information content (AvgIpc) is 2.62. The molecule has 0 spiro atoms. The maximum absolute atomic E-state index is 12.0. The minimum absolute atomic E-state index is 0.134. The Hall–Kier alpha value is -2.66. The van der Waals surface area contributed by atoms with Gasteiger partial charge >= 0.3 is 5.97 Å². The molecular formula is C21H18BrNO3. The highest BCUT2D eigenvalue weighted by atomic mass is 79.9. The number of nitrogens with one attached hydrogen (secondary N) is 1. The van der Waals surface area contributed by atoms with E-state index in [1.54, 1.807) is 6.07 Å². The molecule has 0 atom stereocenters. The predicted octanol–water partition coefficient (Wildman–Crippen LogP) is 4.64. The van der Waals surface area contributed by atoms with Crippen LogP contribution in [-0.2, 0) is 20.7 Å². The standard InChI is InChI=1S/C21H18BrNO3/c1-14-10-18(22)8-9-19(14)23-20(24)13-26-21(25)12-15-6-7-16-4-2-3-5-17(16)11-15/h2-11H,12-13H2,1H3,(H,23,24). The Balaban J connectivity index is 1.53. The lowest BCUT2D eigenvalue weighted by molar-refractivity contribution is -0.146. The number of benzene rings is 3. The summed E-state index contributed by atoms with van der Waals surface area (Å²) in [6.07, 6.45) is 0.134. The van der Waals surface area contributed by atoms with Crippen molar-refractivity contribution in [3.8, 4) is 0 Å². The molecule has 0 fully saturated rings. The zero-order chi connectivity index (χ0) is 18.5. The number of amides is 1. The summed E-state index contributed by atoms with van der Waals surface area (Å²) in [4.78, 5) is 24.0. The molecule has 1 N–H and O–H groups in total. The number of anilines is 1. The van der Waals surface area contributed by atoms with Crippen molar-refractivity contribution in [3.63, 3.8) is 0 Å². The van der Waals surface area contributed by atoms with E-state index in [-0.39, 0.29) is 18.9 Å². The Morgan fingerprint density at radius 1 is 1.00 bits per heavy atom. The molecular weight excluding hydrogens is 394 g/mol. The number of hydrogen-bond acceptors (Lipinski definition) is 3. The van der Waals surface area contributed by atoms with Gasteiger partial charge in [-0.1, -0.05) is 58.4 Å². The van der Waals surface area contributed by atoms with Crippen molar-refractivity contribution in [1.82, 2.24) is 0 Å². The van der Waals surface area contributed by atoms with Gasteiger partial charge < -0.3 is 10.1 Å². The number of carbonyl (C=O) groups is 2. The van der Waals surface area contributed by atoms with Gasteiger partial charge in [-0.15, -0.1) is 0 Å². The second kappa shape index (κ2) is 8.15. The van der Waals surface area contributed by atoms with E-state index in [0.29, 0.717) is 5.69 Å². The summed E-state index contributed by atoms with van der Waals surface area (Å²) in [5, 5.41) is 4.93. The molecule has 4 nitrogen and oxygen atoms in total. The zero-order valence-electron chi connectivity index (χ0n) is 14.3. The Bertz CT molecular complexity index is 968. The molecule has 132 valence electrons. The minimum Gasteiger partial charge on any atom is -0.455 e. The summed E-state index contributed by atoms with van der Waals surface area (Å²) in [5.41, 5.74) is 2.48. The normalized spacial score (nSPS) is 10.5. The van der Waals surface area contributed by atoms with E-state index in [9.17, 15) is 9.59 Å². The predicted molar refractivity (Wildman–Crippen MR) is 106 cm³/mol. The molecule has 0 heterocycles. The van der Waals surface area contributed by atoms with Crippen LogP contribution in [0.4, 0.5) is 5.69 Å². The van der Waals surface area contributed by atoms with E-state index in [2.05, 4.69) is 21.2 Å². The van der Waals surface area contributed by atoms with E-state index >= 15 is 0 Å². The first-order chi connectivity index (χ1) is 12.5. The highest BCUT2D eigenvalue weighted by Gasteiger charge is 2.10. The molecule has 5 heteroatoms. The molecule has 0 bridgehead atoms. The molecule has 3 rings (SSSR count). The van der Waals surface area contributed by atoms with Crippen molar-refractivity contribution in [2.45, 2.75) is 13.3 Å². The van der Waals surface area contributed by atoms with Gasteiger partial charge in [0.05, 0.1) is 6.42 Å². The zero-order valence-corrected chi connectivity index (χ0v) is 15.9. The number of rotatable bonds is 5. The van der Waals surface area contributed by atoms with E-state index < -0.39 is 5.97 Å². The van der Waals surface area contributed by atoms with Crippen LogP contribution in [-0.4, -0.2) is 18.5 Å². The SMILES string of the molecule is Cc1cc(Br)ccc1NC(=O)COC(=O)Cc1ccc2ccccc2c1. The number of aryl methyl sites for hydroxylation is 1. The van der Waals surface area contributed by atoms with Crippen LogP contribution in [0.2, 0.25) is 0 Å². The smallest absolute Gasteiger partial charge is 0.310 e. The molecule has 0 aliphatic carbocycles. The third-order valence-electron chi connectivity index (χ3n) is 3.99. The van der Waals surface area contributed by atoms with E-state index in [0.717, 1.165) is 26.4 Å².